The Balaban J connectivity index is 2.06. The summed E-state index contributed by atoms with van der Waals surface area (Å²) >= 11 is 14.1. The van der Waals surface area contributed by atoms with Crippen LogP contribution in [0.4, 0.5) is 5.13 Å². The quantitative estimate of drug-likeness (QED) is 0.356. The van der Waals surface area contributed by atoms with Gasteiger partial charge in [-0.15, -0.1) is 11.3 Å². The van der Waals surface area contributed by atoms with Crippen molar-refractivity contribution in [2.24, 2.45) is 0 Å². The van der Waals surface area contributed by atoms with Crippen molar-refractivity contribution < 1.29 is 9.84 Å². The Hall–Kier alpha value is -1.63. The van der Waals surface area contributed by atoms with E-state index in [1.54, 1.807) is 17.4 Å². The van der Waals surface area contributed by atoms with Crippen LogP contribution in [0.2, 0.25) is 10.0 Å². The van der Waals surface area contributed by atoms with Crippen molar-refractivity contribution in [3.05, 3.63) is 69.0 Å². The molecule has 3 aromatic rings. The third-order valence-corrected chi connectivity index (χ3v) is 6.32. The van der Waals surface area contributed by atoms with Gasteiger partial charge in [0, 0.05) is 28.6 Å². The Bertz CT molecular complexity index is 965. The van der Waals surface area contributed by atoms with Crippen molar-refractivity contribution in [3.8, 4) is 11.3 Å². The van der Waals surface area contributed by atoms with Crippen LogP contribution in [0.1, 0.15) is 36.8 Å². The predicted octanol–water partition coefficient (Wildman–Crippen LogP) is 6.74. The molecule has 0 saturated carbocycles. The molecule has 0 fully saturated rings. The lowest BCUT2D eigenvalue weighted by molar-refractivity contribution is -0.111. The molecule has 2 unspecified atom stereocenters. The van der Waals surface area contributed by atoms with Crippen LogP contribution >= 0.6 is 34.5 Å². The second-order valence-electron chi connectivity index (χ2n) is 6.92. The number of nitrogens with zero attached hydrogens (tertiary/aromatic N) is 2. The molecule has 3 rings (SSSR count). The number of rotatable bonds is 9. The minimum absolute atomic E-state index is 0.370. The van der Waals surface area contributed by atoms with Crippen molar-refractivity contribution in [3.63, 3.8) is 0 Å². The highest BCUT2D eigenvalue weighted by Gasteiger charge is 2.30. The van der Waals surface area contributed by atoms with Gasteiger partial charge in [-0.2, -0.15) is 0 Å². The number of ether oxygens (including phenoxy) is 1. The number of hydrogen-bond acceptors (Lipinski definition) is 5. The fraction of sp³-hybridized carbons (Fsp3) is 0.348. The largest absolute Gasteiger partial charge is 0.366 e. The maximum Gasteiger partial charge on any atom is 0.186 e. The Morgan fingerprint density at radius 1 is 1.13 bits per heavy atom. The molecule has 0 saturated heterocycles. The number of halogens is 2. The molecule has 1 heterocycles. The molecule has 0 aliphatic heterocycles. The van der Waals surface area contributed by atoms with Crippen LogP contribution in [-0.4, -0.2) is 29.5 Å². The number of aliphatic hydroxyl groups is 1. The zero-order chi connectivity index (χ0) is 21.7. The van der Waals surface area contributed by atoms with Crippen LogP contribution in [0.15, 0.2) is 48.5 Å². The zero-order valence-electron chi connectivity index (χ0n) is 17.3. The van der Waals surface area contributed by atoms with Gasteiger partial charge in [0.05, 0.1) is 10.7 Å². The molecular weight excluding hydrogens is 439 g/mol. The van der Waals surface area contributed by atoms with Crippen LogP contribution in [-0.2, 0) is 4.74 Å². The van der Waals surface area contributed by atoms with Gasteiger partial charge in [-0.1, -0.05) is 60.5 Å². The van der Waals surface area contributed by atoms with Gasteiger partial charge >= 0.3 is 0 Å². The smallest absolute Gasteiger partial charge is 0.186 e. The Kier molecular flexibility index (Phi) is 8.14. The molecule has 0 amide bonds. The first-order valence-corrected chi connectivity index (χ1v) is 11.6. The van der Waals surface area contributed by atoms with E-state index in [1.807, 2.05) is 56.3 Å². The van der Waals surface area contributed by atoms with Crippen LogP contribution in [0, 0.1) is 6.92 Å². The molecule has 0 radical (unpaired) electrons. The summed E-state index contributed by atoms with van der Waals surface area (Å²) < 4.78 is 5.62. The van der Waals surface area contributed by atoms with E-state index in [0.717, 1.165) is 39.8 Å². The Morgan fingerprint density at radius 3 is 2.50 bits per heavy atom. The average molecular weight is 465 g/mol. The minimum atomic E-state index is -0.976. The highest BCUT2D eigenvalue weighted by Crippen LogP contribution is 2.40. The zero-order valence-corrected chi connectivity index (χ0v) is 19.6. The van der Waals surface area contributed by atoms with Gasteiger partial charge in [0.15, 0.2) is 11.4 Å². The van der Waals surface area contributed by atoms with Crippen LogP contribution in [0.3, 0.4) is 0 Å². The van der Waals surface area contributed by atoms with E-state index in [-0.39, 0.29) is 6.04 Å². The molecule has 30 heavy (non-hydrogen) atoms. The Morgan fingerprint density at radius 2 is 1.87 bits per heavy atom. The van der Waals surface area contributed by atoms with Gasteiger partial charge in [0.2, 0.25) is 0 Å². The third kappa shape index (κ3) is 5.16. The number of benzene rings is 2. The summed E-state index contributed by atoms with van der Waals surface area (Å²) in [6.45, 7) is 7.17. The third-order valence-electron chi connectivity index (χ3n) is 4.77. The second-order valence-corrected chi connectivity index (χ2v) is 8.95. The number of anilines is 1. The standard InChI is InChI=1S/C23H26Cl2N2O2S/c1-4-13-27(21(22(28)29-5-2)16-9-7-6-8-10-16)23-26-20(15(3)30-23)18-12-11-17(24)14-19(18)25/h6-12,14,21-22,28H,4-5,13H2,1-3H3. The molecular formula is C23H26Cl2N2O2S. The lowest BCUT2D eigenvalue weighted by Gasteiger charge is -2.34. The number of hydrogen-bond donors (Lipinski definition) is 1. The summed E-state index contributed by atoms with van der Waals surface area (Å²) in [6.07, 6.45) is -0.0755. The fourth-order valence-electron chi connectivity index (χ4n) is 3.44. The molecule has 0 spiro atoms. The number of aryl methyl sites for hydroxylation is 1. The first-order chi connectivity index (χ1) is 14.5. The molecule has 0 aliphatic carbocycles. The van der Waals surface area contributed by atoms with Gasteiger partial charge < -0.3 is 14.7 Å². The minimum Gasteiger partial charge on any atom is -0.366 e. The lowest BCUT2D eigenvalue weighted by Crippen LogP contribution is -2.38. The molecule has 160 valence electrons. The van der Waals surface area contributed by atoms with Crippen LogP contribution in [0.25, 0.3) is 11.3 Å². The van der Waals surface area contributed by atoms with Gasteiger partial charge in [0.25, 0.3) is 0 Å². The Labute approximate surface area is 192 Å². The highest BCUT2D eigenvalue weighted by atomic mass is 35.5. The van der Waals surface area contributed by atoms with E-state index >= 15 is 0 Å². The van der Waals surface area contributed by atoms with Crippen molar-refractivity contribution in [2.75, 3.05) is 18.1 Å². The number of aliphatic hydroxyl groups excluding tert-OH is 1. The van der Waals surface area contributed by atoms with E-state index in [9.17, 15) is 5.11 Å². The molecule has 1 N–H and O–H groups in total. The summed E-state index contributed by atoms with van der Waals surface area (Å²) in [7, 11) is 0. The summed E-state index contributed by atoms with van der Waals surface area (Å²) in [5, 5.41) is 12.8. The SMILES string of the molecule is CCCN(c1nc(-c2ccc(Cl)cc2Cl)c(C)s1)C(c1ccccc1)C(O)OCC. The average Bonchev–Trinajstić information content (AvgIpc) is 3.10. The van der Waals surface area contributed by atoms with Crippen molar-refractivity contribution >= 4 is 39.7 Å². The summed E-state index contributed by atoms with van der Waals surface area (Å²) in [6, 6.07) is 15.0. The first-order valence-electron chi connectivity index (χ1n) is 10.00. The van der Waals surface area contributed by atoms with E-state index in [0.29, 0.717) is 16.7 Å². The predicted molar refractivity (Wildman–Crippen MR) is 127 cm³/mol. The molecule has 0 aliphatic rings. The lowest BCUT2D eigenvalue weighted by atomic mass is 10.0. The fourth-order valence-corrected chi connectivity index (χ4v) is 4.93. The maximum atomic E-state index is 10.9. The van der Waals surface area contributed by atoms with E-state index in [2.05, 4.69) is 11.8 Å². The van der Waals surface area contributed by atoms with Crippen molar-refractivity contribution in [2.45, 2.75) is 39.5 Å². The molecule has 1 aromatic heterocycles. The normalized spacial score (nSPS) is 13.3. The van der Waals surface area contributed by atoms with Gasteiger partial charge in [0.1, 0.15) is 6.04 Å². The summed E-state index contributed by atoms with van der Waals surface area (Å²) in [5.74, 6) is 0. The molecule has 4 nitrogen and oxygen atoms in total. The molecule has 2 aromatic carbocycles. The monoisotopic (exact) mass is 464 g/mol. The van der Waals surface area contributed by atoms with Gasteiger partial charge in [-0.25, -0.2) is 4.98 Å². The van der Waals surface area contributed by atoms with Gasteiger partial charge in [-0.05, 0) is 44.0 Å². The van der Waals surface area contributed by atoms with Crippen LogP contribution < -0.4 is 4.90 Å². The van der Waals surface area contributed by atoms with Crippen molar-refractivity contribution in [1.29, 1.82) is 0 Å². The molecule has 2 atom stereocenters. The molecule has 0 bridgehead atoms. The first kappa shape index (κ1) is 23.0. The van der Waals surface area contributed by atoms with E-state index < -0.39 is 6.29 Å². The summed E-state index contributed by atoms with van der Waals surface area (Å²) in [5.41, 5.74) is 2.65. The number of thiazole rings is 1. The van der Waals surface area contributed by atoms with Crippen molar-refractivity contribution in [1.82, 2.24) is 4.98 Å². The van der Waals surface area contributed by atoms with E-state index in [4.69, 9.17) is 32.9 Å². The van der Waals surface area contributed by atoms with Gasteiger partial charge in [-0.3, -0.25) is 0 Å². The summed E-state index contributed by atoms with van der Waals surface area (Å²) in [4.78, 5) is 8.10. The number of aromatic nitrogens is 1. The van der Waals surface area contributed by atoms with Crippen LogP contribution in [0.5, 0.6) is 0 Å². The highest BCUT2D eigenvalue weighted by molar-refractivity contribution is 7.16. The maximum absolute atomic E-state index is 10.9. The van der Waals surface area contributed by atoms with E-state index in [1.165, 1.54) is 0 Å². The topological polar surface area (TPSA) is 45.6 Å². The second kappa shape index (κ2) is 10.6. The molecule has 7 heteroatoms.